The summed E-state index contributed by atoms with van der Waals surface area (Å²) in [6, 6.07) is 6.03. The van der Waals surface area contributed by atoms with Crippen LogP contribution in [0.2, 0.25) is 0 Å². The molecule has 0 radical (unpaired) electrons. The molecule has 4 rings (SSSR count). The van der Waals surface area contributed by atoms with Crippen molar-refractivity contribution in [2.45, 2.75) is 51.1 Å². The number of aromatic nitrogens is 1. The first-order valence-corrected chi connectivity index (χ1v) is 12.2. The van der Waals surface area contributed by atoms with Crippen LogP contribution in [0.1, 0.15) is 55.1 Å². The lowest BCUT2D eigenvalue weighted by Gasteiger charge is -2.37. The Kier molecular flexibility index (Phi) is 7.45. The number of nitrogens with one attached hydrogen (secondary N) is 1. The number of benzene rings is 1. The monoisotopic (exact) mass is 443 g/mol. The van der Waals surface area contributed by atoms with Crippen molar-refractivity contribution in [3.8, 4) is 11.5 Å². The first-order valence-electron chi connectivity index (χ1n) is 11.3. The highest BCUT2D eigenvalue weighted by Gasteiger charge is 2.33. The Labute approximate surface area is 189 Å². The van der Waals surface area contributed by atoms with E-state index in [1.165, 1.54) is 12.8 Å². The van der Waals surface area contributed by atoms with Gasteiger partial charge in [-0.05, 0) is 44.2 Å². The lowest BCUT2D eigenvalue weighted by atomic mass is 9.90. The van der Waals surface area contributed by atoms with Gasteiger partial charge >= 0.3 is 0 Å². The van der Waals surface area contributed by atoms with Gasteiger partial charge in [0.25, 0.3) is 0 Å². The molecule has 1 aliphatic heterocycles. The van der Waals surface area contributed by atoms with Gasteiger partial charge in [-0.1, -0.05) is 25.0 Å². The van der Waals surface area contributed by atoms with Crippen molar-refractivity contribution in [1.82, 2.24) is 15.2 Å². The van der Waals surface area contributed by atoms with Crippen LogP contribution in [-0.4, -0.2) is 43.1 Å². The second-order valence-corrected chi connectivity index (χ2v) is 9.55. The molecule has 0 bridgehead atoms. The molecule has 1 saturated carbocycles. The summed E-state index contributed by atoms with van der Waals surface area (Å²) in [6.45, 7) is 2.77. The second-order valence-electron chi connectivity index (χ2n) is 8.63. The minimum Gasteiger partial charge on any atom is -0.493 e. The van der Waals surface area contributed by atoms with Crippen molar-refractivity contribution in [2.24, 2.45) is 11.8 Å². The van der Waals surface area contributed by atoms with Gasteiger partial charge in [-0.15, -0.1) is 11.3 Å². The molecule has 2 aromatic rings. The number of amides is 1. The molecule has 1 aromatic heterocycles. The van der Waals surface area contributed by atoms with E-state index in [1.54, 1.807) is 25.6 Å². The maximum Gasteiger partial charge on any atom is 0.223 e. The molecule has 2 aliphatic rings. The van der Waals surface area contributed by atoms with Crippen LogP contribution >= 0.6 is 11.3 Å². The van der Waals surface area contributed by atoms with Gasteiger partial charge in [0.1, 0.15) is 5.01 Å². The smallest absolute Gasteiger partial charge is 0.223 e. The van der Waals surface area contributed by atoms with Crippen LogP contribution in [0.5, 0.6) is 11.5 Å². The minimum atomic E-state index is -0.0110. The van der Waals surface area contributed by atoms with Gasteiger partial charge in [0, 0.05) is 36.1 Å². The van der Waals surface area contributed by atoms with E-state index in [0.717, 1.165) is 67.4 Å². The highest BCUT2D eigenvalue weighted by Crippen LogP contribution is 2.35. The zero-order valence-electron chi connectivity index (χ0n) is 18.5. The van der Waals surface area contributed by atoms with Crippen molar-refractivity contribution < 1.29 is 14.3 Å². The first kappa shape index (κ1) is 22.1. The summed E-state index contributed by atoms with van der Waals surface area (Å²) < 4.78 is 11.1. The molecule has 0 spiro atoms. The summed E-state index contributed by atoms with van der Waals surface area (Å²) in [5, 5.41) is 6.42. The van der Waals surface area contributed by atoms with Crippen LogP contribution in [0.4, 0.5) is 0 Å². The number of nitrogens with zero attached hydrogens (tertiary/aromatic N) is 2. The third-order valence-electron chi connectivity index (χ3n) is 6.63. The summed E-state index contributed by atoms with van der Waals surface area (Å²) in [5.74, 6) is 2.30. The number of hydrogen-bond donors (Lipinski definition) is 1. The molecule has 1 aliphatic carbocycles. The largest absolute Gasteiger partial charge is 0.493 e. The molecule has 2 heterocycles. The molecule has 0 unspecified atom stereocenters. The van der Waals surface area contributed by atoms with Crippen LogP contribution in [0, 0.1) is 11.8 Å². The molecule has 168 valence electrons. The number of thiazole rings is 1. The molecule has 6 nitrogen and oxygen atoms in total. The van der Waals surface area contributed by atoms with Crippen molar-refractivity contribution >= 4 is 17.2 Å². The third kappa shape index (κ3) is 5.21. The lowest BCUT2D eigenvalue weighted by molar-refractivity contribution is -0.126. The molecule has 2 atom stereocenters. The number of para-hydroxylation sites is 1. The van der Waals surface area contributed by atoms with Gasteiger partial charge in [-0.3, -0.25) is 9.69 Å². The normalized spacial score (nSPS) is 21.0. The molecular weight excluding hydrogens is 410 g/mol. The van der Waals surface area contributed by atoms with E-state index < -0.39 is 0 Å². The number of hydrogen-bond acceptors (Lipinski definition) is 6. The summed E-state index contributed by atoms with van der Waals surface area (Å²) in [4.78, 5) is 20.0. The highest BCUT2D eigenvalue weighted by molar-refractivity contribution is 7.09. The van der Waals surface area contributed by atoms with Crippen molar-refractivity contribution in [2.75, 3.05) is 27.3 Å². The number of methoxy groups -OCH3 is 2. The van der Waals surface area contributed by atoms with Crippen LogP contribution in [0.15, 0.2) is 29.8 Å². The van der Waals surface area contributed by atoms with Crippen LogP contribution in [0.25, 0.3) is 0 Å². The van der Waals surface area contributed by atoms with E-state index in [-0.39, 0.29) is 17.9 Å². The number of carbonyl (C=O) groups is 1. The van der Waals surface area contributed by atoms with E-state index in [9.17, 15) is 4.79 Å². The number of ether oxygens (including phenoxy) is 2. The van der Waals surface area contributed by atoms with Crippen LogP contribution in [0.3, 0.4) is 0 Å². The summed E-state index contributed by atoms with van der Waals surface area (Å²) in [5.41, 5.74) is 1.13. The van der Waals surface area contributed by atoms with Gasteiger partial charge in [-0.2, -0.15) is 0 Å². The highest BCUT2D eigenvalue weighted by atomic mass is 32.1. The Hall–Kier alpha value is -2.12. The topological polar surface area (TPSA) is 63.7 Å². The maximum atomic E-state index is 12.9. The predicted octanol–water partition coefficient (Wildman–Crippen LogP) is 4.42. The first-order chi connectivity index (χ1) is 15.2. The molecule has 31 heavy (non-hydrogen) atoms. The maximum absolute atomic E-state index is 12.9. The fraction of sp³-hybridized carbons (Fsp3) is 0.583. The van der Waals surface area contributed by atoms with Crippen LogP contribution < -0.4 is 14.8 Å². The van der Waals surface area contributed by atoms with Crippen molar-refractivity contribution in [3.63, 3.8) is 0 Å². The molecule has 1 aromatic carbocycles. The van der Waals surface area contributed by atoms with E-state index in [2.05, 4.69) is 21.3 Å². The second kappa shape index (κ2) is 10.5. The fourth-order valence-electron chi connectivity index (χ4n) is 5.05. The average Bonchev–Trinajstić information content (AvgIpc) is 3.52. The third-order valence-corrected chi connectivity index (χ3v) is 7.49. The zero-order valence-corrected chi connectivity index (χ0v) is 19.3. The van der Waals surface area contributed by atoms with E-state index in [0.29, 0.717) is 5.92 Å². The Balaban J connectivity index is 1.48. The summed E-state index contributed by atoms with van der Waals surface area (Å²) >= 11 is 1.64. The summed E-state index contributed by atoms with van der Waals surface area (Å²) in [7, 11) is 3.36. The zero-order chi connectivity index (χ0) is 21.6. The van der Waals surface area contributed by atoms with E-state index >= 15 is 0 Å². The average molecular weight is 444 g/mol. The Bertz CT molecular complexity index is 852. The fourth-order valence-corrected chi connectivity index (χ4v) is 5.84. The van der Waals surface area contributed by atoms with Gasteiger partial charge in [-0.25, -0.2) is 4.98 Å². The molecule has 7 heteroatoms. The molecule has 1 saturated heterocycles. The lowest BCUT2D eigenvalue weighted by Crippen LogP contribution is -2.43. The summed E-state index contributed by atoms with van der Waals surface area (Å²) in [6.07, 6.45) is 8.42. The number of piperidine rings is 1. The Morgan fingerprint density at radius 1 is 1.23 bits per heavy atom. The minimum absolute atomic E-state index is 0.0110. The van der Waals surface area contributed by atoms with Gasteiger partial charge < -0.3 is 14.8 Å². The Morgan fingerprint density at radius 3 is 2.77 bits per heavy atom. The van der Waals surface area contributed by atoms with Gasteiger partial charge in [0.15, 0.2) is 11.5 Å². The predicted molar refractivity (Wildman–Crippen MR) is 123 cm³/mol. The van der Waals surface area contributed by atoms with Gasteiger partial charge in [0.05, 0.1) is 20.3 Å². The molecule has 1 N–H and O–H groups in total. The van der Waals surface area contributed by atoms with Gasteiger partial charge in [0.2, 0.25) is 5.91 Å². The van der Waals surface area contributed by atoms with E-state index in [1.807, 2.05) is 23.7 Å². The number of rotatable bonds is 8. The Morgan fingerprint density at radius 2 is 2.06 bits per heavy atom. The van der Waals surface area contributed by atoms with Crippen LogP contribution in [-0.2, 0) is 11.3 Å². The SMILES string of the molecule is COc1cccc(CN2CCC[C@@H]([C@H](NC(=O)C3CCCC3)c3nccs3)C2)c1OC. The molecular formula is C24H33N3O3S. The number of carbonyl (C=O) groups excluding carboxylic acids is 1. The molecule has 2 fully saturated rings. The van der Waals surface area contributed by atoms with Crippen molar-refractivity contribution in [3.05, 3.63) is 40.3 Å². The number of likely N-dealkylation sites (tertiary alicyclic amines) is 1. The quantitative estimate of drug-likeness (QED) is 0.654. The standard InChI is InChI=1S/C24H33N3O3S/c1-29-20-11-5-9-19(22(20)30-2)16-27-13-6-10-18(15-27)21(24-25-12-14-31-24)26-23(28)17-7-3-4-8-17/h5,9,11-12,14,17-18,21H,3-4,6-8,10,13,15-16H2,1-2H3,(H,26,28)/t18-,21+/m1/s1. The van der Waals surface area contributed by atoms with E-state index in [4.69, 9.17) is 9.47 Å². The van der Waals surface area contributed by atoms with Crippen molar-refractivity contribution in [1.29, 1.82) is 0 Å². The molecule has 1 amide bonds.